The van der Waals surface area contributed by atoms with Crippen molar-refractivity contribution in [3.05, 3.63) is 28.3 Å². The molecule has 1 rings (SSSR count). The fraction of sp³-hybridized carbons (Fsp3) is 0.500. The summed E-state index contributed by atoms with van der Waals surface area (Å²) in [7, 11) is 1.60. The van der Waals surface area contributed by atoms with Gasteiger partial charge in [0.2, 0.25) is 0 Å². The lowest BCUT2D eigenvalue weighted by Gasteiger charge is -2.28. The Kier molecular flexibility index (Phi) is 4.19. The van der Waals surface area contributed by atoms with E-state index >= 15 is 0 Å². The normalized spacial score (nSPS) is 14.6. The van der Waals surface area contributed by atoms with E-state index in [-0.39, 0.29) is 6.61 Å². The quantitative estimate of drug-likeness (QED) is 0.849. The van der Waals surface area contributed by atoms with E-state index in [1.54, 1.807) is 7.11 Å². The van der Waals surface area contributed by atoms with Crippen molar-refractivity contribution in [2.24, 2.45) is 5.73 Å². The Morgan fingerprint density at radius 1 is 1.50 bits per heavy atom. The molecule has 0 spiro atoms. The molecule has 0 radical (unpaired) electrons. The minimum absolute atomic E-state index is 0.0424. The number of nitrogens with two attached hydrogens (primary N) is 1. The van der Waals surface area contributed by atoms with Crippen molar-refractivity contribution < 1.29 is 9.84 Å². The first-order valence-electron chi connectivity index (χ1n) is 5.14. The van der Waals surface area contributed by atoms with E-state index in [1.165, 1.54) is 0 Å². The van der Waals surface area contributed by atoms with Crippen molar-refractivity contribution in [2.75, 3.05) is 20.3 Å². The molecule has 0 saturated heterocycles. The van der Waals surface area contributed by atoms with Crippen LogP contribution in [-0.4, -0.2) is 25.4 Å². The Bertz CT molecular complexity index is 376. The molecule has 0 saturated carbocycles. The molecule has 3 nitrogen and oxygen atoms in total. The lowest BCUT2D eigenvalue weighted by molar-refractivity contribution is 0.206. The Morgan fingerprint density at radius 3 is 2.56 bits per heavy atom. The van der Waals surface area contributed by atoms with Crippen molar-refractivity contribution in [3.63, 3.8) is 0 Å². The van der Waals surface area contributed by atoms with E-state index < -0.39 is 5.41 Å². The van der Waals surface area contributed by atoms with Crippen LogP contribution in [0.25, 0.3) is 0 Å². The average Bonchev–Trinajstić information content (AvgIpc) is 2.31. The molecule has 1 aromatic carbocycles. The van der Waals surface area contributed by atoms with Crippen molar-refractivity contribution >= 4 is 11.6 Å². The molecule has 16 heavy (non-hydrogen) atoms. The predicted octanol–water partition coefficient (Wildman–Crippen LogP) is 1.87. The minimum atomic E-state index is -0.525. The fourth-order valence-electron chi connectivity index (χ4n) is 1.56. The second-order valence-electron chi connectivity index (χ2n) is 4.22. The van der Waals surface area contributed by atoms with Crippen molar-refractivity contribution in [2.45, 2.75) is 19.3 Å². The van der Waals surface area contributed by atoms with Gasteiger partial charge in [0.1, 0.15) is 5.75 Å². The summed E-state index contributed by atoms with van der Waals surface area (Å²) in [5, 5.41) is 10.1. The number of benzene rings is 1. The number of aryl methyl sites for hydroxylation is 1. The van der Waals surface area contributed by atoms with Crippen LogP contribution >= 0.6 is 11.6 Å². The van der Waals surface area contributed by atoms with Crippen LogP contribution in [0.4, 0.5) is 0 Å². The first-order chi connectivity index (χ1) is 7.48. The van der Waals surface area contributed by atoms with Gasteiger partial charge in [-0.1, -0.05) is 18.5 Å². The van der Waals surface area contributed by atoms with Gasteiger partial charge in [-0.3, -0.25) is 0 Å². The Labute approximate surface area is 101 Å². The number of halogens is 1. The molecule has 1 atom stereocenters. The number of rotatable bonds is 4. The molecule has 0 aliphatic rings. The number of aliphatic hydroxyl groups excluding tert-OH is 1. The summed E-state index contributed by atoms with van der Waals surface area (Å²) < 4.78 is 5.31. The third kappa shape index (κ3) is 2.32. The maximum Gasteiger partial charge on any atom is 0.123 e. The van der Waals surface area contributed by atoms with E-state index in [9.17, 15) is 5.11 Å². The number of ether oxygens (including phenoxy) is 1. The highest BCUT2D eigenvalue weighted by molar-refractivity contribution is 6.31. The Balaban J connectivity index is 3.36. The van der Waals surface area contributed by atoms with E-state index in [0.29, 0.717) is 17.3 Å². The first kappa shape index (κ1) is 13.3. The third-order valence-corrected chi connectivity index (χ3v) is 3.34. The molecule has 3 N–H and O–H groups in total. The van der Waals surface area contributed by atoms with Crippen LogP contribution in [0.15, 0.2) is 12.1 Å². The highest BCUT2D eigenvalue weighted by Gasteiger charge is 2.28. The lowest BCUT2D eigenvalue weighted by Crippen LogP contribution is -2.36. The summed E-state index contributed by atoms with van der Waals surface area (Å²) in [6, 6.07) is 3.68. The standard InChI is InChI=1S/C12H18ClNO2/c1-8-4-11(16-3)9(5-10(8)13)12(2,6-14)7-15/h4-5,15H,6-7,14H2,1-3H3. The molecule has 0 aromatic heterocycles. The van der Waals surface area contributed by atoms with Gasteiger partial charge in [-0.05, 0) is 24.6 Å². The van der Waals surface area contributed by atoms with Gasteiger partial charge in [-0.2, -0.15) is 0 Å². The molecule has 0 amide bonds. The summed E-state index contributed by atoms with van der Waals surface area (Å²) in [6.07, 6.45) is 0. The maximum absolute atomic E-state index is 9.44. The van der Waals surface area contributed by atoms with Crippen LogP contribution < -0.4 is 10.5 Å². The second-order valence-corrected chi connectivity index (χ2v) is 4.63. The number of hydrogen-bond acceptors (Lipinski definition) is 3. The number of hydrogen-bond donors (Lipinski definition) is 2. The maximum atomic E-state index is 9.44. The second kappa shape index (κ2) is 5.04. The largest absolute Gasteiger partial charge is 0.496 e. The Hall–Kier alpha value is -0.770. The molecular weight excluding hydrogens is 226 g/mol. The van der Waals surface area contributed by atoms with E-state index in [0.717, 1.165) is 11.1 Å². The van der Waals surface area contributed by atoms with Crippen molar-refractivity contribution in [1.29, 1.82) is 0 Å². The highest BCUT2D eigenvalue weighted by Crippen LogP contribution is 2.35. The van der Waals surface area contributed by atoms with E-state index in [4.69, 9.17) is 22.1 Å². The molecule has 1 aromatic rings. The molecule has 1 unspecified atom stereocenters. The average molecular weight is 244 g/mol. The summed E-state index contributed by atoms with van der Waals surface area (Å²) in [5.74, 6) is 0.712. The van der Waals surface area contributed by atoms with E-state index in [2.05, 4.69) is 0 Å². The summed E-state index contributed by atoms with van der Waals surface area (Å²) in [4.78, 5) is 0. The van der Waals surface area contributed by atoms with Gasteiger partial charge in [-0.15, -0.1) is 0 Å². The van der Waals surface area contributed by atoms with Crippen LogP contribution in [0.5, 0.6) is 5.75 Å². The third-order valence-electron chi connectivity index (χ3n) is 2.93. The van der Waals surface area contributed by atoms with Crippen LogP contribution in [0.1, 0.15) is 18.1 Å². The molecular formula is C12H18ClNO2. The minimum Gasteiger partial charge on any atom is -0.496 e. The zero-order chi connectivity index (χ0) is 12.3. The molecule has 0 fully saturated rings. The monoisotopic (exact) mass is 243 g/mol. The van der Waals surface area contributed by atoms with Crippen LogP contribution in [-0.2, 0) is 5.41 Å². The lowest BCUT2D eigenvalue weighted by atomic mass is 9.82. The predicted molar refractivity (Wildman–Crippen MR) is 66.2 cm³/mol. The SMILES string of the molecule is COc1cc(C)c(Cl)cc1C(C)(CN)CO. The number of methoxy groups -OCH3 is 1. The van der Waals surface area contributed by atoms with Crippen LogP contribution in [0.3, 0.4) is 0 Å². The zero-order valence-corrected chi connectivity index (χ0v) is 10.6. The van der Waals surface area contributed by atoms with Gasteiger partial charge < -0.3 is 15.6 Å². The summed E-state index contributed by atoms with van der Waals surface area (Å²) >= 11 is 6.08. The fourth-order valence-corrected chi connectivity index (χ4v) is 1.72. The number of aliphatic hydroxyl groups is 1. The van der Waals surface area contributed by atoms with Crippen LogP contribution in [0, 0.1) is 6.92 Å². The molecule has 0 aliphatic heterocycles. The zero-order valence-electron chi connectivity index (χ0n) is 9.88. The van der Waals surface area contributed by atoms with E-state index in [1.807, 2.05) is 26.0 Å². The molecule has 90 valence electrons. The molecule has 0 heterocycles. The van der Waals surface area contributed by atoms with Gasteiger partial charge in [0.05, 0.1) is 13.7 Å². The molecule has 4 heteroatoms. The summed E-state index contributed by atoms with van der Waals surface area (Å²) in [6.45, 7) is 4.09. The van der Waals surface area contributed by atoms with Crippen molar-refractivity contribution in [1.82, 2.24) is 0 Å². The topological polar surface area (TPSA) is 55.5 Å². The van der Waals surface area contributed by atoms with Gasteiger partial charge >= 0.3 is 0 Å². The molecule has 0 aliphatic carbocycles. The van der Waals surface area contributed by atoms with Gasteiger partial charge in [0, 0.05) is 22.5 Å². The van der Waals surface area contributed by atoms with Crippen molar-refractivity contribution in [3.8, 4) is 5.75 Å². The highest BCUT2D eigenvalue weighted by atomic mass is 35.5. The van der Waals surface area contributed by atoms with Gasteiger partial charge in [-0.25, -0.2) is 0 Å². The first-order valence-corrected chi connectivity index (χ1v) is 5.52. The van der Waals surface area contributed by atoms with Crippen LogP contribution in [0.2, 0.25) is 5.02 Å². The van der Waals surface area contributed by atoms with Gasteiger partial charge in [0.15, 0.2) is 0 Å². The Morgan fingerprint density at radius 2 is 2.12 bits per heavy atom. The van der Waals surface area contributed by atoms with Gasteiger partial charge in [0.25, 0.3) is 0 Å². The molecule has 0 bridgehead atoms. The summed E-state index contributed by atoms with van der Waals surface area (Å²) in [5.41, 5.74) is 6.96. The smallest absolute Gasteiger partial charge is 0.123 e.